The maximum atomic E-state index is 15.4. The molecule has 2 N–H and O–H groups in total. The molecule has 2 aromatic rings. The zero-order valence-electron chi connectivity index (χ0n) is 19.2. The number of hydrogen-bond donors (Lipinski definition) is 2. The minimum absolute atomic E-state index is 0.0402. The summed E-state index contributed by atoms with van der Waals surface area (Å²) in [5, 5.41) is 31.8. The molecule has 2 fully saturated rings. The van der Waals surface area contributed by atoms with Gasteiger partial charge in [-0.15, -0.1) is 0 Å². The van der Waals surface area contributed by atoms with Crippen molar-refractivity contribution in [1.82, 2.24) is 14.8 Å². The molecule has 1 atom stereocenters. The predicted octanol–water partition coefficient (Wildman–Crippen LogP) is 4.27. The summed E-state index contributed by atoms with van der Waals surface area (Å²) in [4.78, 5) is 43.0. The van der Waals surface area contributed by atoms with Crippen molar-refractivity contribution in [3.63, 3.8) is 0 Å². The quantitative estimate of drug-likeness (QED) is 0.286. The van der Waals surface area contributed by atoms with E-state index < -0.39 is 39.8 Å². The summed E-state index contributed by atoms with van der Waals surface area (Å²) in [5.41, 5.74) is -3.21. The third-order valence-electron chi connectivity index (χ3n) is 7.10. The lowest BCUT2D eigenvalue weighted by atomic mass is 9.71. The van der Waals surface area contributed by atoms with Crippen LogP contribution in [0.1, 0.15) is 31.2 Å². The fourth-order valence-corrected chi connectivity index (χ4v) is 5.54. The highest BCUT2D eigenvalue weighted by molar-refractivity contribution is 9.10. The van der Waals surface area contributed by atoms with E-state index in [-0.39, 0.29) is 64.5 Å². The van der Waals surface area contributed by atoms with E-state index >= 15 is 4.39 Å². The third-order valence-corrected chi connectivity index (χ3v) is 8.40. The molecule has 2 aliphatic rings. The number of likely N-dealkylation sites (tertiary alicyclic amines) is 2. The first-order valence-electron chi connectivity index (χ1n) is 11.2. The summed E-state index contributed by atoms with van der Waals surface area (Å²) in [5.74, 6) is -2.80. The van der Waals surface area contributed by atoms with Crippen LogP contribution >= 0.6 is 27.5 Å². The Hall–Kier alpha value is -2.77. The van der Waals surface area contributed by atoms with E-state index in [1.54, 1.807) is 0 Å². The van der Waals surface area contributed by atoms with Gasteiger partial charge in [0.15, 0.2) is 5.82 Å². The Kier molecular flexibility index (Phi) is 7.26. The fraction of sp³-hybridized carbons (Fsp3) is 0.500. The average Bonchev–Trinajstić information content (AvgIpc) is 3.25. The number of fused-ring (bicyclic) bond motifs is 1. The van der Waals surface area contributed by atoms with Gasteiger partial charge in [-0.1, -0.05) is 11.6 Å². The summed E-state index contributed by atoms with van der Waals surface area (Å²) >= 11 is 9.22. The first kappa shape index (κ1) is 26.3. The molecule has 0 spiro atoms. The van der Waals surface area contributed by atoms with Crippen LogP contribution in [0.5, 0.6) is 5.88 Å². The molecular formula is C22H23BrClFN4O7. The summed E-state index contributed by atoms with van der Waals surface area (Å²) < 4.78 is 21.0. The zero-order chi connectivity index (χ0) is 26.4. The van der Waals surface area contributed by atoms with Crippen LogP contribution in [-0.4, -0.2) is 81.3 Å². The molecule has 4 rings (SSSR count). The van der Waals surface area contributed by atoms with Gasteiger partial charge in [0.1, 0.15) is 17.5 Å². The summed E-state index contributed by atoms with van der Waals surface area (Å²) in [6.45, 7) is 0.504. The van der Waals surface area contributed by atoms with E-state index in [1.807, 2.05) is 11.9 Å². The second-order valence-corrected chi connectivity index (χ2v) is 10.2. The average molecular weight is 590 g/mol. The molecule has 1 amide bonds. The molecule has 1 unspecified atom stereocenters. The molecule has 2 saturated heterocycles. The molecule has 3 heterocycles. The van der Waals surface area contributed by atoms with E-state index in [0.29, 0.717) is 0 Å². The summed E-state index contributed by atoms with van der Waals surface area (Å²) in [7, 11) is 1.89. The number of aliphatic carboxylic acids is 1. The maximum absolute atomic E-state index is 15.4. The van der Waals surface area contributed by atoms with Crippen LogP contribution in [0.25, 0.3) is 10.9 Å². The molecule has 0 saturated carbocycles. The van der Waals surface area contributed by atoms with Gasteiger partial charge in [0.2, 0.25) is 0 Å². The molecule has 14 heteroatoms. The van der Waals surface area contributed by atoms with Gasteiger partial charge < -0.3 is 24.7 Å². The van der Waals surface area contributed by atoms with Gasteiger partial charge in [0, 0.05) is 24.5 Å². The number of amides is 1. The number of nitro groups is 1. The van der Waals surface area contributed by atoms with Crippen LogP contribution in [0, 0.1) is 15.9 Å². The summed E-state index contributed by atoms with van der Waals surface area (Å²) in [6.07, 6.45) is -0.0512. The van der Waals surface area contributed by atoms with Gasteiger partial charge in [-0.2, -0.15) is 0 Å². The lowest BCUT2D eigenvalue weighted by Crippen LogP contribution is -2.49. The van der Waals surface area contributed by atoms with E-state index in [1.165, 1.54) is 6.07 Å². The Bertz CT molecular complexity index is 1260. The molecule has 0 radical (unpaired) electrons. The lowest BCUT2D eigenvalue weighted by Gasteiger charge is -2.38. The molecule has 36 heavy (non-hydrogen) atoms. The Morgan fingerprint density at radius 1 is 1.36 bits per heavy atom. The maximum Gasteiger partial charge on any atom is 0.407 e. The van der Waals surface area contributed by atoms with Crippen LogP contribution in [0.3, 0.4) is 0 Å². The van der Waals surface area contributed by atoms with Crippen molar-refractivity contribution in [3.05, 3.63) is 37.1 Å². The molecule has 1 aromatic carbocycles. The lowest BCUT2D eigenvalue weighted by molar-refractivity contribution is -0.387. The van der Waals surface area contributed by atoms with Gasteiger partial charge in [-0.3, -0.25) is 14.9 Å². The Morgan fingerprint density at radius 3 is 2.56 bits per heavy atom. The number of carbonyl (C=O) groups is 2. The van der Waals surface area contributed by atoms with Crippen LogP contribution in [0.2, 0.25) is 5.02 Å². The molecule has 0 aliphatic carbocycles. The topological polar surface area (TPSA) is 146 Å². The molecule has 11 nitrogen and oxygen atoms in total. The van der Waals surface area contributed by atoms with E-state index in [4.69, 9.17) is 16.3 Å². The Labute approximate surface area is 218 Å². The number of halogens is 3. The Morgan fingerprint density at radius 2 is 2.03 bits per heavy atom. The fourth-order valence-electron chi connectivity index (χ4n) is 5.04. The molecule has 1 aromatic heterocycles. The van der Waals surface area contributed by atoms with E-state index in [0.717, 1.165) is 24.3 Å². The largest absolute Gasteiger partial charge is 0.481 e. The number of hydrogen-bond acceptors (Lipinski definition) is 7. The second-order valence-electron chi connectivity index (χ2n) is 9.02. The van der Waals surface area contributed by atoms with Crippen LogP contribution in [0.4, 0.5) is 14.9 Å². The predicted molar refractivity (Wildman–Crippen MR) is 130 cm³/mol. The zero-order valence-corrected chi connectivity index (χ0v) is 21.5. The smallest absolute Gasteiger partial charge is 0.407 e. The normalized spacial score (nSPS) is 20.0. The van der Waals surface area contributed by atoms with Crippen molar-refractivity contribution in [2.24, 2.45) is 0 Å². The van der Waals surface area contributed by atoms with E-state index in [9.17, 15) is 29.9 Å². The van der Waals surface area contributed by atoms with Crippen LogP contribution in [-0.2, 0) is 10.2 Å². The number of carboxylic acid groups (broad SMARTS) is 2. The SMILES string of the molecule is CN1CCCC1COc1nc2c(F)c(Br)c(Cl)cc2c(C2(C(=O)O)CCN(C(=O)O)CC2)c1[N+](=O)[O-]. The number of ether oxygens (including phenoxy) is 1. The highest BCUT2D eigenvalue weighted by Gasteiger charge is 2.50. The highest BCUT2D eigenvalue weighted by Crippen LogP contribution is 2.49. The van der Waals surface area contributed by atoms with Crippen LogP contribution < -0.4 is 4.74 Å². The number of nitrogens with zero attached hydrogens (tertiary/aromatic N) is 4. The van der Waals surface area contributed by atoms with Gasteiger partial charge in [0.05, 0.1) is 20.0 Å². The number of piperidine rings is 1. The van der Waals surface area contributed by atoms with Crippen molar-refractivity contribution in [3.8, 4) is 5.88 Å². The number of aromatic nitrogens is 1. The second kappa shape index (κ2) is 9.94. The summed E-state index contributed by atoms with van der Waals surface area (Å²) in [6, 6.07) is 1.20. The molecule has 194 valence electrons. The monoisotopic (exact) mass is 588 g/mol. The molecule has 0 bridgehead atoms. The van der Waals surface area contributed by atoms with Crippen molar-refractivity contribution in [2.75, 3.05) is 33.3 Å². The first-order chi connectivity index (χ1) is 17.0. The standard InChI is InChI=1S/C22H23BrClFN4O7/c1-27-6-2-3-11(27)10-36-19-18(29(34)35)14(12-9-13(24)15(23)16(25)17(12)26-19)22(20(30)31)4-7-28(8-5-22)21(32)33/h9,11H,2-8,10H2,1H3,(H,30,31)(H,32,33). The number of benzene rings is 1. The van der Waals surface area contributed by atoms with Crippen molar-refractivity contribution >= 4 is 56.2 Å². The first-order valence-corrected chi connectivity index (χ1v) is 12.4. The highest BCUT2D eigenvalue weighted by atomic mass is 79.9. The van der Waals surface area contributed by atoms with Crippen LogP contribution in [0.15, 0.2) is 10.5 Å². The number of likely N-dealkylation sites (N-methyl/N-ethyl adjacent to an activating group) is 1. The van der Waals surface area contributed by atoms with E-state index in [2.05, 4.69) is 20.9 Å². The van der Waals surface area contributed by atoms with Gasteiger partial charge in [-0.05, 0) is 61.3 Å². The van der Waals surface area contributed by atoms with Gasteiger partial charge in [-0.25, -0.2) is 14.2 Å². The van der Waals surface area contributed by atoms with Gasteiger partial charge in [0.25, 0.3) is 5.88 Å². The number of pyridine rings is 1. The van der Waals surface area contributed by atoms with Gasteiger partial charge >= 0.3 is 17.7 Å². The molecular weight excluding hydrogens is 567 g/mol. The Balaban J connectivity index is 1.98. The van der Waals surface area contributed by atoms with Crippen molar-refractivity contribution in [1.29, 1.82) is 0 Å². The third kappa shape index (κ3) is 4.43. The number of carboxylic acids is 1. The minimum atomic E-state index is -1.90. The molecule has 2 aliphatic heterocycles. The van der Waals surface area contributed by atoms with Crippen molar-refractivity contribution in [2.45, 2.75) is 37.1 Å². The van der Waals surface area contributed by atoms with Crippen molar-refractivity contribution < 1.29 is 33.9 Å². The number of rotatable bonds is 6. The minimum Gasteiger partial charge on any atom is -0.481 e.